The zero-order valence-electron chi connectivity index (χ0n) is 11.5. The second kappa shape index (κ2) is 5.43. The number of piperidine rings is 1. The van der Waals surface area contributed by atoms with Crippen LogP contribution in [-0.2, 0) is 13.1 Å². The number of nitrogens with zero attached hydrogens (tertiary/aromatic N) is 3. The number of hydrogen-bond acceptors (Lipinski definition) is 2. The second-order valence-corrected chi connectivity index (χ2v) is 5.85. The maximum absolute atomic E-state index is 4.54. The lowest BCUT2D eigenvalue weighted by Crippen LogP contribution is -2.46. The highest BCUT2D eigenvalue weighted by Gasteiger charge is 2.33. The first-order valence-electron chi connectivity index (χ1n) is 7.62. The van der Waals surface area contributed by atoms with E-state index in [1.807, 2.05) is 6.20 Å². The van der Waals surface area contributed by atoms with Gasteiger partial charge in [-0.1, -0.05) is 12.8 Å². The molecule has 0 N–H and O–H groups in total. The van der Waals surface area contributed by atoms with E-state index >= 15 is 0 Å². The Kier molecular flexibility index (Phi) is 3.69. The molecular formula is C15H25N3. The first kappa shape index (κ1) is 12.2. The van der Waals surface area contributed by atoms with E-state index in [-0.39, 0.29) is 0 Å². The summed E-state index contributed by atoms with van der Waals surface area (Å²) >= 11 is 0. The first-order chi connectivity index (χ1) is 8.88. The molecular weight excluding hydrogens is 222 g/mol. The number of fused-ring (bicyclic) bond motifs is 1. The van der Waals surface area contributed by atoms with Crippen molar-refractivity contribution in [3.05, 3.63) is 18.2 Å². The number of aryl methyl sites for hydroxylation is 1. The third-order valence-corrected chi connectivity index (χ3v) is 4.85. The highest BCUT2D eigenvalue weighted by Crippen LogP contribution is 2.35. The molecule has 0 radical (unpaired) electrons. The predicted molar refractivity (Wildman–Crippen MR) is 73.3 cm³/mol. The van der Waals surface area contributed by atoms with E-state index in [2.05, 4.69) is 27.6 Å². The quantitative estimate of drug-likeness (QED) is 0.818. The lowest BCUT2D eigenvalue weighted by atomic mass is 9.78. The number of aromatic nitrogens is 2. The molecule has 3 nitrogen and oxygen atoms in total. The first-order valence-corrected chi connectivity index (χ1v) is 7.62. The van der Waals surface area contributed by atoms with Gasteiger partial charge in [0.05, 0.1) is 6.54 Å². The van der Waals surface area contributed by atoms with Gasteiger partial charge in [0.15, 0.2) is 0 Å². The molecule has 1 saturated carbocycles. The second-order valence-electron chi connectivity index (χ2n) is 5.85. The van der Waals surface area contributed by atoms with Crippen molar-refractivity contribution >= 4 is 0 Å². The van der Waals surface area contributed by atoms with Crippen LogP contribution in [0.3, 0.4) is 0 Å². The fourth-order valence-corrected chi connectivity index (χ4v) is 3.89. The lowest BCUT2D eigenvalue weighted by Gasteiger charge is -2.44. The van der Waals surface area contributed by atoms with Crippen LogP contribution >= 0.6 is 0 Å². The molecule has 18 heavy (non-hydrogen) atoms. The van der Waals surface area contributed by atoms with Gasteiger partial charge in [-0.05, 0) is 45.1 Å². The third-order valence-electron chi connectivity index (χ3n) is 4.85. The van der Waals surface area contributed by atoms with Gasteiger partial charge in [0.2, 0.25) is 0 Å². The summed E-state index contributed by atoms with van der Waals surface area (Å²) in [5.41, 5.74) is 0. The number of likely N-dealkylation sites (tertiary alicyclic amines) is 1. The standard InChI is InChI=1S/C15H25N3/c1-2-17-11-9-16-15(17)12-18-10-5-7-13-6-3-4-8-14(13)18/h9,11,13-14H,2-8,10,12H2,1H3/t13-,14-/m1/s1. The Morgan fingerprint density at radius 1 is 1.22 bits per heavy atom. The summed E-state index contributed by atoms with van der Waals surface area (Å²) in [4.78, 5) is 7.25. The van der Waals surface area contributed by atoms with E-state index in [0.29, 0.717) is 0 Å². The monoisotopic (exact) mass is 247 g/mol. The Hall–Kier alpha value is -0.830. The summed E-state index contributed by atoms with van der Waals surface area (Å²) in [6, 6.07) is 0.842. The largest absolute Gasteiger partial charge is 0.334 e. The molecule has 0 aromatic carbocycles. The van der Waals surface area contributed by atoms with Crippen molar-refractivity contribution in [2.45, 2.75) is 64.6 Å². The average molecular weight is 247 g/mol. The fraction of sp³-hybridized carbons (Fsp3) is 0.800. The van der Waals surface area contributed by atoms with Crippen LogP contribution in [-0.4, -0.2) is 27.0 Å². The van der Waals surface area contributed by atoms with Gasteiger partial charge in [0.1, 0.15) is 5.82 Å². The molecule has 1 saturated heterocycles. The maximum Gasteiger partial charge on any atom is 0.122 e. The summed E-state index contributed by atoms with van der Waals surface area (Å²) in [6.45, 7) is 5.57. The van der Waals surface area contributed by atoms with Crippen LogP contribution in [0.2, 0.25) is 0 Å². The summed E-state index contributed by atoms with van der Waals surface area (Å²) in [5, 5.41) is 0. The highest BCUT2D eigenvalue weighted by atomic mass is 15.2. The van der Waals surface area contributed by atoms with E-state index < -0.39 is 0 Å². The summed E-state index contributed by atoms with van der Waals surface area (Å²) < 4.78 is 2.28. The molecule has 100 valence electrons. The molecule has 1 aromatic rings. The van der Waals surface area contributed by atoms with Gasteiger partial charge in [-0.15, -0.1) is 0 Å². The SMILES string of the molecule is CCn1ccnc1CN1CCC[C@H]2CCCC[C@H]21. The number of rotatable bonds is 3. The molecule has 2 fully saturated rings. The molecule has 1 aromatic heterocycles. The van der Waals surface area contributed by atoms with Gasteiger partial charge >= 0.3 is 0 Å². The van der Waals surface area contributed by atoms with E-state index in [1.165, 1.54) is 50.9 Å². The maximum atomic E-state index is 4.54. The van der Waals surface area contributed by atoms with Crippen molar-refractivity contribution in [3.8, 4) is 0 Å². The van der Waals surface area contributed by atoms with Gasteiger partial charge < -0.3 is 4.57 Å². The van der Waals surface area contributed by atoms with Crippen molar-refractivity contribution in [2.24, 2.45) is 5.92 Å². The molecule has 3 heteroatoms. The minimum atomic E-state index is 0.842. The van der Waals surface area contributed by atoms with Crippen LogP contribution in [0, 0.1) is 5.92 Å². The van der Waals surface area contributed by atoms with Gasteiger partial charge in [0, 0.05) is 25.0 Å². The van der Waals surface area contributed by atoms with Crippen molar-refractivity contribution < 1.29 is 0 Å². The summed E-state index contributed by atoms with van der Waals surface area (Å²) in [5.74, 6) is 2.22. The van der Waals surface area contributed by atoms with Crippen molar-refractivity contribution in [1.82, 2.24) is 14.5 Å². The predicted octanol–water partition coefficient (Wildman–Crippen LogP) is 3.06. The van der Waals surface area contributed by atoms with E-state index in [1.54, 1.807) is 0 Å². The Labute approximate surface area is 110 Å². The molecule has 0 amide bonds. The molecule has 0 unspecified atom stereocenters. The van der Waals surface area contributed by atoms with Crippen LogP contribution in [0.15, 0.2) is 12.4 Å². The smallest absolute Gasteiger partial charge is 0.122 e. The van der Waals surface area contributed by atoms with Crippen LogP contribution in [0.1, 0.15) is 51.3 Å². The zero-order valence-corrected chi connectivity index (χ0v) is 11.5. The Bertz CT molecular complexity index is 383. The number of hydrogen-bond donors (Lipinski definition) is 0. The third kappa shape index (κ3) is 2.33. The molecule has 1 aliphatic heterocycles. The molecule has 0 spiro atoms. The van der Waals surface area contributed by atoms with Crippen LogP contribution in [0.25, 0.3) is 0 Å². The zero-order chi connectivity index (χ0) is 12.4. The van der Waals surface area contributed by atoms with E-state index in [9.17, 15) is 0 Å². The fourth-order valence-electron chi connectivity index (χ4n) is 3.89. The summed E-state index contributed by atoms with van der Waals surface area (Å²) in [6.07, 6.45) is 12.7. The highest BCUT2D eigenvalue weighted by molar-refractivity contribution is 4.95. The number of imidazole rings is 1. The van der Waals surface area contributed by atoms with Crippen LogP contribution in [0.5, 0.6) is 0 Å². The molecule has 0 bridgehead atoms. The molecule has 2 aliphatic rings. The van der Waals surface area contributed by atoms with Crippen molar-refractivity contribution in [3.63, 3.8) is 0 Å². The normalized spacial score (nSPS) is 29.2. The summed E-state index contributed by atoms with van der Waals surface area (Å²) in [7, 11) is 0. The molecule has 1 aliphatic carbocycles. The van der Waals surface area contributed by atoms with E-state index in [0.717, 1.165) is 25.0 Å². The lowest BCUT2D eigenvalue weighted by molar-refractivity contribution is 0.0519. The molecule has 2 heterocycles. The van der Waals surface area contributed by atoms with Crippen molar-refractivity contribution in [1.29, 1.82) is 0 Å². The van der Waals surface area contributed by atoms with Crippen LogP contribution in [0.4, 0.5) is 0 Å². The van der Waals surface area contributed by atoms with Gasteiger partial charge in [-0.25, -0.2) is 4.98 Å². The van der Waals surface area contributed by atoms with Crippen molar-refractivity contribution in [2.75, 3.05) is 6.54 Å². The molecule has 3 rings (SSSR count). The van der Waals surface area contributed by atoms with Gasteiger partial charge in [-0.2, -0.15) is 0 Å². The minimum absolute atomic E-state index is 0.842. The van der Waals surface area contributed by atoms with Gasteiger partial charge in [-0.3, -0.25) is 4.90 Å². The Morgan fingerprint density at radius 3 is 2.94 bits per heavy atom. The topological polar surface area (TPSA) is 21.1 Å². The Morgan fingerprint density at radius 2 is 2.06 bits per heavy atom. The van der Waals surface area contributed by atoms with Gasteiger partial charge in [0.25, 0.3) is 0 Å². The average Bonchev–Trinajstić information content (AvgIpc) is 2.86. The minimum Gasteiger partial charge on any atom is -0.334 e. The van der Waals surface area contributed by atoms with E-state index in [4.69, 9.17) is 0 Å². The van der Waals surface area contributed by atoms with Crippen LogP contribution < -0.4 is 0 Å². The molecule has 2 atom stereocenters. The Balaban J connectivity index is 1.71.